The summed E-state index contributed by atoms with van der Waals surface area (Å²) in [6.45, 7) is 3.02. The van der Waals surface area contributed by atoms with Crippen molar-refractivity contribution in [1.82, 2.24) is 0 Å². The first-order chi connectivity index (χ1) is 7.98. The van der Waals surface area contributed by atoms with Crippen LogP contribution in [0.1, 0.15) is 13.8 Å². The maximum atomic E-state index is 10.00. The smallest absolute Gasteiger partial charge is 0.190 e. The van der Waals surface area contributed by atoms with Crippen LogP contribution in [-0.4, -0.2) is 53.3 Å². The molecule has 0 spiro atoms. The van der Waals surface area contributed by atoms with Gasteiger partial charge < -0.3 is 24.4 Å². The number of rotatable bonds is 3. The van der Waals surface area contributed by atoms with Crippen molar-refractivity contribution in [3.8, 4) is 0 Å². The zero-order valence-corrected chi connectivity index (χ0v) is 9.55. The Labute approximate surface area is 97.7 Å². The number of nitrogens with zero attached hydrogens (tertiary/aromatic N) is 3. The number of azide groups is 1. The Kier molecular flexibility index (Phi) is 3.26. The van der Waals surface area contributed by atoms with E-state index >= 15 is 0 Å². The molecule has 2 saturated heterocycles. The van der Waals surface area contributed by atoms with Gasteiger partial charge in [0, 0.05) is 4.91 Å². The number of ether oxygens (including phenoxy) is 3. The Morgan fingerprint density at radius 1 is 1.47 bits per heavy atom. The average molecular weight is 245 g/mol. The highest BCUT2D eigenvalue weighted by molar-refractivity contribution is 4.97. The fraction of sp³-hybridized carbons (Fsp3) is 1.00. The third-order valence-corrected chi connectivity index (χ3v) is 2.82. The number of aliphatic hydroxyl groups is 2. The molecule has 0 radical (unpaired) electrons. The van der Waals surface area contributed by atoms with E-state index in [1.54, 1.807) is 13.8 Å². The van der Waals surface area contributed by atoms with Crippen LogP contribution in [0.25, 0.3) is 10.4 Å². The molecule has 96 valence electrons. The molecule has 2 N–H and O–H groups in total. The van der Waals surface area contributed by atoms with E-state index in [2.05, 4.69) is 10.0 Å². The largest absolute Gasteiger partial charge is 0.396 e. The van der Waals surface area contributed by atoms with Crippen molar-refractivity contribution < 1.29 is 24.4 Å². The van der Waals surface area contributed by atoms with E-state index in [1.165, 1.54) is 0 Å². The van der Waals surface area contributed by atoms with E-state index in [0.29, 0.717) is 0 Å². The van der Waals surface area contributed by atoms with Crippen LogP contribution >= 0.6 is 0 Å². The van der Waals surface area contributed by atoms with E-state index in [0.717, 1.165) is 0 Å². The zero-order valence-electron chi connectivity index (χ0n) is 9.55. The van der Waals surface area contributed by atoms with Crippen LogP contribution in [0.3, 0.4) is 0 Å². The summed E-state index contributed by atoms with van der Waals surface area (Å²) in [4.78, 5) is 2.60. The van der Waals surface area contributed by atoms with Crippen LogP contribution in [0.4, 0.5) is 0 Å². The average Bonchev–Trinajstić information content (AvgIpc) is 2.70. The standard InChI is InChI=1S/C9H15N3O5/c1-9(2)16-7-5(14)6(15-8(7)17-9)4(3-13)11-12-10/h4-8,13-14H,3H2,1-2H3/t4-,5-,6-,7-,8-/m1/s1. The Morgan fingerprint density at radius 2 is 2.18 bits per heavy atom. The van der Waals surface area contributed by atoms with Gasteiger partial charge in [-0.1, -0.05) is 5.11 Å². The third kappa shape index (κ3) is 2.23. The first kappa shape index (κ1) is 12.6. The lowest BCUT2D eigenvalue weighted by molar-refractivity contribution is -0.217. The van der Waals surface area contributed by atoms with Crippen LogP contribution < -0.4 is 0 Å². The molecule has 8 nitrogen and oxygen atoms in total. The van der Waals surface area contributed by atoms with Crippen molar-refractivity contribution in [1.29, 1.82) is 0 Å². The number of aliphatic hydroxyl groups excluding tert-OH is 2. The van der Waals surface area contributed by atoms with Gasteiger partial charge in [0.2, 0.25) is 0 Å². The number of hydrogen-bond acceptors (Lipinski definition) is 6. The highest BCUT2D eigenvalue weighted by atomic mass is 16.8. The lowest BCUT2D eigenvalue weighted by Gasteiger charge is -2.25. The van der Waals surface area contributed by atoms with Crippen molar-refractivity contribution in [3.05, 3.63) is 10.4 Å². The molecular formula is C9H15N3O5. The van der Waals surface area contributed by atoms with Crippen LogP contribution in [0, 0.1) is 0 Å². The van der Waals surface area contributed by atoms with Gasteiger partial charge in [-0.25, -0.2) is 0 Å². The predicted molar refractivity (Wildman–Crippen MR) is 54.7 cm³/mol. The minimum Gasteiger partial charge on any atom is -0.396 e. The molecule has 8 heteroatoms. The molecule has 0 amide bonds. The molecule has 0 aromatic carbocycles. The summed E-state index contributed by atoms with van der Waals surface area (Å²) in [7, 11) is 0. The molecule has 2 heterocycles. The number of hydrogen-bond donors (Lipinski definition) is 2. The van der Waals surface area contributed by atoms with Crippen molar-refractivity contribution in [2.45, 2.75) is 50.3 Å². The molecule has 0 saturated carbocycles. The Morgan fingerprint density at radius 3 is 2.71 bits per heavy atom. The van der Waals surface area contributed by atoms with Gasteiger partial charge in [-0.05, 0) is 19.4 Å². The monoisotopic (exact) mass is 245 g/mol. The Balaban J connectivity index is 2.09. The second-order valence-corrected chi connectivity index (χ2v) is 4.51. The van der Waals surface area contributed by atoms with Gasteiger partial charge in [0.1, 0.15) is 18.3 Å². The highest BCUT2D eigenvalue weighted by Gasteiger charge is 2.55. The lowest BCUT2D eigenvalue weighted by Crippen LogP contribution is -2.41. The topological polar surface area (TPSA) is 117 Å². The molecule has 0 unspecified atom stereocenters. The summed E-state index contributed by atoms with van der Waals surface area (Å²) in [6, 6.07) is -0.851. The van der Waals surface area contributed by atoms with Gasteiger partial charge in [0.15, 0.2) is 12.1 Å². The summed E-state index contributed by atoms with van der Waals surface area (Å²) in [5.41, 5.74) is 8.35. The molecule has 0 aliphatic carbocycles. The Hall–Kier alpha value is -0.890. The molecule has 2 fully saturated rings. The van der Waals surface area contributed by atoms with E-state index in [4.69, 9.17) is 24.8 Å². The second-order valence-electron chi connectivity index (χ2n) is 4.51. The molecule has 17 heavy (non-hydrogen) atoms. The van der Waals surface area contributed by atoms with E-state index < -0.39 is 43.0 Å². The summed E-state index contributed by atoms with van der Waals surface area (Å²) < 4.78 is 16.3. The lowest BCUT2D eigenvalue weighted by atomic mass is 10.1. The fourth-order valence-corrected chi connectivity index (χ4v) is 2.11. The van der Waals surface area contributed by atoms with Gasteiger partial charge in [0.05, 0.1) is 12.6 Å². The Bertz CT molecular complexity index is 344. The van der Waals surface area contributed by atoms with Crippen molar-refractivity contribution >= 4 is 0 Å². The van der Waals surface area contributed by atoms with Crippen molar-refractivity contribution in [3.63, 3.8) is 0 Å². The second kappa shape index (κ2) is 4.41. The van der Waals surface area contributed by atoms with Crippen molar-refractivity contribution in [2.75, 3.05) is 6.61 Å². The van der Waals surface area contributed by atoms with Gasteiger partial charge in [-0.15, -0.1) is 0 Å². The van der Waals surface area contributed by atoms with Crippen LogP contribution in [-0.2, 0) is 14.2 Å². The molecule has 0 aromatic rings. The van der Waals surface area contributed by atoms with Crippen LogP contribution in [0.5, 0.6) is 0 Å². The van der Waals surface area contributed by atoms with E-state index in [1.807, 2.05) is 0 Å². The SMILES string of the molecule is CC1(C)O[C@H]2O[C@H]([C@@H](CO)N=[N+]=[N-])[C@@H](O)[C@H]2O1. The molecule has 2 aliphatic heterocycles. The first-order valence-electron chi connectivity index (χ1n) is 5.33. The number of fused-ring (bicyclic) bond motifs is 1. The molecule has 5 atom stereocenters. The molecular weight excluding hydrogens is 230 g/mol. The predicted octanol–water partition coefficient (Wildman–Crippen LogP) is -0.105. The van der Waals surface area contributed by atoms with Crippen LogP contribution in [0.2, 0.25) is 0 Å². The minimum atomic E-state index is -0.996. The summed E-state index contributed by atoms with van der Waals surface area (Å²) >= 11 is 0. The first-order valence-corrected chi connectivity index (χ1v) is 5.33. The molecule has 2 aliphatic rings. The van der Waals surface area contributed by atoms with Crippen LogP contribution in [0.15, 0.2) is 5.11 Å². The summed E-state index contributed by atoms with van der Waals surface area (Å²) in [5, 5.41) is 22.4. The maximum Gasteiger partial charge on any atom is 0.190 e. The van der Waals surface area contributed by atoms with E-state index in [9.17, 15) is 5.11 Å². The normalized spacial score (nSPS) is 40.7. The quantitative estimate of drug-likeness (QED) is 0.409. The third-order valence-electron chi connectivity index (χ3n) is 2.82. The minimum absolute atomic E-state index is 0.408. The molecule has 2 rings (SSSR count). The molecule has 0 bridgehead atoms. The maximum absolute atomic E-state index is 10.00. The van der Waals surface area contributed by atoms with Gasteiger partial charge in [-0.2, -0.15) is 0 Å². The van der Waals surface area contributed by atoms with Gasteiger partial charge in [0.25, 0.3) is 0 Å². The summed E-state index contributed by atoms with van der Waals surface area (Å²) in [5.74, 6) is -0.811. The fourth-order valence-electron chi connectivity index (χ4n) is 2.11. The molecule has 0 aromatic heterocycles. The summed E-state index contributed by atoms with van der Waals surface area (Å²) in [6.07, 6.45) is -3.14. The zero-order chi connectivity index (χ0) is 12.6. The van der Waals surface area contributed by atoms with Crippen molar-refractivity contribution in [2.24, 2.45) is 5.11 Å². The van der Waals surface area contributed by atoms with E-state index in [-0.39, 0.29) is 0 Å². The van der Waals surface area contributed by atoms with Gasteiger partial charge in [-0.3, -0.25) is 0 Å². The van der Waals surface area contributed by atoms with Gasteiger partial charge >= 0.3 is 0 Å². The highest BCUT2D eigenvalue weighted by Crippen LogP contribution is 2.38.